The minimum Gasteiger partial charge on any atom is -0.279 e. The smallest absolute Gasteiger partial charge is 0.265 e. The second kappa shape index (κ2) is 7.39. The number of hydrogen-bond donors (Lipinski definition) is 0. The summed E-state index contributed by atoms with van der Waals surface area (Å²) in [6.07, 6.45) is 0. The number of anilines is 1. The summed E-state index contributed by atoms with van der Waals surface area (Å²) >= 11 is 8.95. The Hall–Kier alpha value is -1.89. The number of halogens is 2. The van der Waals surface area contributed by atoms with Gasteiger partial charge in [0.05, 0.1) is 10.6 Å². The van der Waals surface area contributed by atoms with E-state index >= 15 is 0 Å². The van der Waals surface area contributed by atoms with Crippen molar-refractivity contribution in [2.24, 2.45) is 0 Å². The lowest BCUT2D eigenvalue weighted by Gasteiger charge is -2.28. The first-order chi connectivity index (χ1) is 12.3. The van der Waals surface area contributed by atoms with Gasteiger partial charge in [-0.05, 0) is 65.7 Å². The molecule has 3 aromatic carbocycles. The quantitative estimate of drug-likeness (QED) is 0.515. The Balaban J connectivity index is 2.18. The second-order valence-electron chi connectivity index (χ2n) is 5.77. The summed E-state index contributed by atoms with van der Waals surface area (Å²) in [5.74, 6) is 0. The van der Waals surface area contributed by atoms with E-state index in [-0.39, 0.29) is 4.90 Å². The summed E-state index contributed by atoms with van der Waals surface area (Å²) < 4.78 is 28.3. The molecule has 0 heterocycles. The minimum atomic E-state index is -3.98. The van der Waals surface area contributed by atoms with Crippen molar-refractivity contribution < 1.29 is 13.2 Å². The number of fused-ring (bicyclic) bond motifs is 1. The zero-order valence-electron chi connectivity index (χ0n) is 13.8. The first-order valence-corrected chi connectivity index (χ1v) is 10.4. The highest BCUT2D eigenvalue weighted by Gasteiger charge is 2.32. The zero-order chi connectivity index (χ0) is 18.9. The zero-order valence-corrected chi connectivity index (χ0v) is 16.9. The van der Waals surface area contributed by atoms with Gasteiger partial charge in [0.15, 0.2) is 0 Å². The molecule has 0 aliphatic heterocycles. The Bertz CT molecular complexity index is 1070. The Labute approximate surface area is 165 Å². The van der Waals surface area contributed by atoms with E-state index in [0.29, 0.717) is 5.69 Å². The molecule has 0 saturated carbocycles. The van der Waals surface area contributed by atoms with E-state index in [2.05, 4.69) is 15.9 Å². The molecule has 0 spiro atoms. The molecule has 0 bridgehead atoms. The van der Waals surface area contributed by atoms with E-state index in [1.807, 2.05) is 30.3 Å². The van der Waals surface area contributed by atoms with Gasteiger partial charge in [-0.2, -0.15) is 0 Å². The number of carbonyl (C=O) groups excluding carboxylic acids is 1. The molecular formula is C19H15BrClNO3S. The molecule has 0 radical (unpaired) electrons. The maximum absolute atomic E-state index is 13.2. The number of nitrogens with zero attached hydrogens (tertiary/aromatic N) is 1. The molecule has 0 fully saturated rings. The van der Waals surface area contributed by atoms with E-state index in [0.717, 1.165) is 19.6 Å². The van der Waals surface area contributed by atoms with Crippen LogP contribution in [0.1, 0.15) is 6.92 Å². The molecular weight excluding hydrogens is 438 g/mol. The predicted octanol–water partition coefficient (Wildman–Crippen LogP) is 4.95. The molecule has 1 unspecified atom stereocenters. The van der Waals surface area contributed by atoms with Crippen molar-refractivity contribution in [2.75, 3.05) is 4.31 Å². The van der Waals surface area contributed by atoms with Crippen LogP contribution in [0.3, 0.4) is 0 Å². The van der Waals surface area contributed by atoms with E-state index in [9.17, 15) is 13.2 Å². The van der Waals surface area contributed by atoms with Gasteiger partial charge in [0.1, 0.15) is 6.04 Å². The van der Waals surface area contributed by atoms with Gasteiger partial charge in [0.2, 0.25) is 5.24 Å². The SMILES string of the molecule is CC(C(=O)Cl)N(c1ccc2ccccc2c1)S(=O)(=O)c1ccc(Br)cc1. The molecule has 3 rings (SSSR count). The lowest BCUT2D eigenvalue weighted by molar-refractivity contribution is -0.112. The average molecular weight is 453 g/mol. The Morgan fingerprint density at radius 3 is 2.23 bits per heavy atom. The highest BCUT2D eigenvalue weighted by Crippen LogP contribution is 2.30. The van der Waals surface area contributed by atoms with Gasteiger partial charge in [0.25, 0.3) is 10.0 Å². The molecule has 0 aromatic heterocycles. The first-order valence-electron chi connectivity index (χ1n) is 7.79. The third-order valence-electron chi connectivity index (χ3n) is 4.04. The third-order valence-corrected chi connectivity index (χ3v) is 6.80. The fraction of sp³-hybridized carbons (Fsp3) is 0.105. The van der Waals surface area contributed by atoms with Crippen molar-refractivity contribution in [2.45, 2.75) is 17.9 Å². The van der Waals surface area contributed by atoms with Crippen molar-refractivity contribution in [3.8, 4) is 0 Å². The van der Waals surface area contributed by atoms with Crippen molar-refractivity contribution in [3.05, 3.63) is 71.2 Å². The number of hydrogen-bond acceptors (Lipinski definition) is 3. The van der Waals surface area contributed by atoms with Crippen LogP contribution in [-0.4, -0.2) is 19.7 Å². The van der Waals surface area contributed by atoms with E-state index in [1.54, 1.807) is 24.3 Å². The monoisotopic (exact) mass is 451 g/mol. The Morgan fingerprint density at radius 2 is 1.62 bits per heavy atom. The molecule has 1 atom stereocenters. The van der Waals surface area contributed by atoms with Crippen molar-refractivity contribution >= 4 is 59.3 Å². The van der Waals surface area contributed by atoms with Gasteiger partial charge in [-0.1, -0.05) is 46.3 Å². The minimum absolute atomic E-state index is 0.0821. The van der Waals surface area contributed by atoms with Crippen LogP contribution in [-0.2, 0) is 14.8 Å². The summed E-state index contributed by atoms with van der Waals surface area (Å²) in [4.78, 5) is 11.9. The van der Waals surface area contributed by atoms with Gasteiger partial charge in [0, 0.05) is 4.47 Å². The second-order valence-corrected chi connectivity index (χ2v) is 8.87. The van der Waals surface area contributed by atoms with Gasteiger partial charge in [-0.25, -0.2) is 8.42 Å². The van der Waals surface area contributed by atoms with E-state index in [1.165, 1.54) is 19.1 Å². The van der Waals surface area contributed by atoms with Gasteiger partial charge < -0.3 is 0 Å². The molecule has 0 amide bonds. The summed E-state index contributed by atoms with van der Waals surface area (Å²) in [6, 6.07) is 18.0. The lowest BCUT2D eigenvalue weighted by atomic mass is 10.1. The van der Waals surface area contributed by atoms with Gasteiger partial charge in [-0.3, -0.25) is 9.10 Å². The normalized spacial score (nSPS) is 12.7. The van der Waals surface area contributed by atoms with Crippen molar-refractivity contribution in [1.29, 1.82) is 0 Å². The van der Waals surface area contributed by atoms with E-state index < -0.39 is 21.3 Å². The number of carbonyl (C=O) groups is 1. The topological polar surface area (TPSA) is 54.5 Å². The van der Waals surface area contributed by atoms with Crippen LogP contribution in [0.5, 0.6) is 0 Å². The molecule has 3 aromatic rings. The summed E-state index contributed by atoms with van der Waals surface area (Å²) in [5, 5.41) is 1.09. The van der Waals surface area contributed by atoms with Crippen molar-refractivity contribution in [3.63, 3.8) is 0 Å². The van der Waals surface area contributed by atoms with Gasteiger partial charge in [-0.15, -0.1) is 0 Å². The molecule has 0 aliphatic carbocycles. The fourth-order valence-electron chi connectivity index (χ4n) is 2.70. The highest BCUT2D eigenvalue weighted by molar-refractivity contribution is 9.10. The summed E-state index contributed by atoms with van der Waals surface area (Å²) in [6.45, 7) is 1.47. The lowest BCUT2D eigenvalue weighted by Crippen LogP contribution is -2.42. The maximum Gasteiger partial charge on any atom is 0.265 e. The van der Waals surface area contributed by atoms with Crippen LogP contribution < -0.4 is 4.31 Å². The summed E-state index contributed by atoms with van der Waals surface area (Å²) in [5.41, 5.74) is 0.383. The molecule has 26 heavy (non-hydrogen) atoms. The Morgan fingerprint density at radius 1 is 1.00 bits per heavy atom. The number of sulfonamides is 1. The van der Waals surface area contributed by atoms with Crippen LogP contribution in [0.15, 0.2) is 76.1 Å². The standard InChI is InChI=1S/C19H15BrClNO3S/c1-13(19(21)23)22(26(24,25)18-10-7-16(20)8-11-18)17-9-6-14-4-2-3-5-15(14)12-17/h2-13H,1H3. The van der Waals surface area contributed by atoms with Crippen LogP contribution in [0.25, 0.3) is 10.8 Å². The van der Waals surface area contributed by atoms with Crippen LogP contribution in [0.2, 0.25) is 0 Å². The van der Waals surface area contributed by atoms with Gasteiger partial charge >= 0.3 is 0 Å². The van der Waals surface area contributed by atoms with Crippen LogP contribution in [0, 0.1) is 0 Å². The number of benzene rings is 3. The summed E-state index contributed by atoms with van der Waals surface area (Å²) in [7, 11) is -3.98. The molecule has 0 saturated heterocycles. The maximum atomic E-state index is 13.2. The Kier molecular flexibility index (Phi) is 5.37. The predicted molar refractivity (Wildman–Crippen MR) is 108 cm³/mol. The van der Waals surface area contributed by atoms with E-state index in [4.69, 9.17) is 11.6 Å². The van der Waals surface area contributed by atoms with Crippen molar-refractivity contribution in [1.82, 2.24) is 0 Å². The largest absolute Gasteiger partial charge is 0.279 e. The molecule has 0 N–H and O–H groups in total. The molecule has 134 valence electrons. The number of rotatable bonds is 5. The highest BCUT2D eigenvalue weighted by atomic mass is 79.9. The third kappa shape index (κ3) is 3.63. The molecule has 4 nitrogen and oxygen atoms in total. The average Bonchev–Trinajstić information content (AvgIpc) is 2.61. The molecule has 7 heteroatoms. The first kappa shape index (κ1) is 18.9. The van der Waals surface area contributed by atoms with Crippen LogP contribution >= 0.6 is 27.5 Å². The fourth-order valence-corrected chi connectivity index (χ4v) is 4.73. The van der Waals surface area contributed by atoms with Crippen LogP contribution in [0.4, 0.5) is 5.69 Å². The molecule has 0 aliphatic rings.